The monoisotopic (exact) mass is 318 g/mol. The van der Waals surface area contributed by atoms with Crippen molar-refractivity contribution in [1.29, 1.82) is 0 Å². The van der Waals surface area contributed by atoms with Crippen LogP contribution in [0.25, 0.3) is 10.2 Å². The highest BCUT2D eigenvalue weighted by molar-refractivity contribution is 8.01. The van der Waals surface area contributed by atoms with E-state index in [1.807, 2.05) is 11.8 Å². The van der Waals surface area contributed by atoms with Gasteiger partial charge in [-0.25, -0.2) is 4.98 Å². The Bertz CT molecular complexity index is 778. The number of thioether (sulfide) groups is 1. The fourth-order valence-electron chi connectivity index (χ4n) is 4.57. The van der Waals surface area contributed by atoms with Crippen LogP contribution in [-0.2, 0) is 6.42 Å². The molecular formula is C16H18N2OS2. The molecule has 2 fully saturated rings. The Morgan fingerprint density at radius 1 is 1.24 bits per heavy atom. The molecule has 1 aliphatic heterocycles. The molecule has 0 aromatic carbocycles. The molecule has 0 unspecified atom stereocenters. The number of aromatic nitrogens is 2. The van der Waals surface area contributed by atoms with Gasteiger partial charge in [0.25, 0.3) is 5.56 Å². The minimum atomic E-state index is 0.109. The molecule has 2 aromatic heterocycles. The van der Waals surface area contributed by atoms with Gasteiger partial charge in [-0.05, 0) is 55.3 Å². The van der Waals surface area contributed by atoms with Crippen molar-refractivity contribution >= 4 is 33.3 Å². The van der Waals surface area contributed by atoms with Gasteiger partial charge in [0.15, 0.2) is 0 Å². The zero-order valence-corrected chi connectivity index (χ0v) is 13.5. The summed E-state index contributed by atoms with van der Waals surface area (Å²) in [7, 11) is 0. The van der Waals surface area contributed by atoms with Crippen LogP contribution < -0.4 is 5.56 Å². The molecule has 2 aromatic rings. The second kappa shape index (κ2) is 4.59. The second-order valence-electron chi connectivity index (χ2n) is 6.73. The van der Waals surface area contributed by atoms with Crippen LogP contribution in [0.4, 0.5) is 0 Å². The van der Waals surface area contributed by atoms with Gasteiger partial charge in [-0.1, -0.05) is 6.42 Å². The number of aryl methyl sites for hydroxylation is 1. The van der Waals surface area contributed by atoms with Gasteiger partial charge >= 0.3 is 0 Å². The number of nitrogens with one attached hydrogen (secondary N) is 1. The number of fused-ring (bicyclic) bond motifs is 5. The molecular weight excluding hydrogens is 300 g/mol. The maximum absolute atomic E-state index is 12.6. The molecule has 2 saturated carbocycles. The van der Waals surface area contributed by atoms with Crippen LogP contribution >= 0.6 is 23.1 Å². The Balaban J connectivity index is 1.65. The molecule has 3 heterocycles. The number of rotatable bonds is 1. The molecule has 5 heteroatoms. The van der Waals surface area contributed by atoms with Crippen LogP contribution in [0.3, 0.4) is 0 Å². The molecule has 2 bridgehead atoms. The number of hydrogen-bond donors (Lipinski definition) is 1. The molecule has 3 nitrogen and oxygen atoms in total. The van der Waals surface area contributed by atoms with Gasteiger partial charge < -0.3 is 4.98 Å². The normalized spacial score (nSPS) is 31.0. The smallest absolute Gasteiger partial charge is 0.259 e. The average molecular weight is 318 g/mol. The summed E-state index contributed by atoms with van der Waals surface area (Å²) in [6.07, 6.45) is 7.52. The van der Waals surface area contributed by atoms with Crippen molar-refractivity contribution in [3.8, 4) is 0 Å². The first-order valence-electron chi connectivity index (χ1n) is 7.98. The van der Waals surface area contributed by atoms with Gasteiger partial charge in [0.05, 0.1) is 9.60 Å². The lowest BCUT2D eigenvalue weighted by molar-refractivity contribution is 0.406. The predicted molar refractivity (Wildman–Crippen MR) is 87.5 cm³/mol. The van der Waals surface area contributed by atoms with Crippen molar-refractivity contribution in [2.24, 2.45) is 11.8 Å². The third kappa shape index (κ3) is 1.86. The first-order valence-corrected chi connectivity index (χ1v) is 9.78. The first-order chi connectivity index (χ1) is 10.3. The zero-order chi connectivity index (χ0) is 14.0. The van der Waals surface area contributed by atoms with E-state index in [2.05, 4.69) is 4.98 Å². The van der Waals surface area contributed by atoms with Crippen molar-refractivity contribution in [2.75, 3.05) is 5.75 Å². The number of H-pyrrole nitrogens is 1. The highest BCUT2D eigenvalue weighted by Crippen LogP contribution is 2.52. The summed E-state index contributed by atoms with van der Waals surface area (Å²) in [4.78, 5) is 21.6. The third-order valence-electron chi connectivity index (χ3n) is 5.54. The third-order valence-corrected chi connectivity index (χ3v) is 8.06. The van der Waals surface area contributed by atoms with Crippen molar-refractivity contribution in [2.45, 2.75) is 48.7 Å². The fourth-order valence-corrected chi connectivity index (χ4v) is 7.11. The Morgan fingerprint density at radius 2 is 2.19 bits per heavy atom. The number of hydrogen-bond acceptors (Lipinski definition) is 4. The second-order valence-corrected chi connectivity index (χ2v) is 9.10. The summed E-state index contributed by atoms with van der Waals surface area (Å²) < 4.78 is 1.33. The first kappa shape index (κ1) is 12.7. The van der Waals surface area contributed by atoms with Crippen LogP contribution in [0.15, 0.2) is 9.00 Å². The lowest BCUT2D eigenvalue weighted by atomic mass is 9.88. The largest absolute Gasteiger partial charge is 0.310 e. The van der Waals surface area contributed by atoms with Gasteiger partial charge in [-0.3, -0.25) is 4.79 Å². The summed E-state index contributed by atoms with van der Waals surface area (Å²) in [5, 5.41) is 0.883. The lowest BCUT2D eigenvalue weighted by Gasteiger charge is -2.20. The van der Waals surface area contributed by atoms with Crippen molar-refractivity contribution in [3.05, 3.63) is 21.7 Å². The molecule has 2 aliphatic carbocycles. The molecule has 3 atom stereocenters. The lowest BCUT2D eigenvalue weighted by Crippen LogP contribution is -2.18. The molecule has 5 rings (SSSR count). The summed E-state index contributed by atoms with van der Waals surface area (Å²) in [6.45, 7) is 0. The zero-order valence-electron chi connectivity index (χ0n) is 11.9. The van der Waals surface area contributed by atoms with E-state index in [-0.39, 0.29) is 5.56 Å². The molecule has 110 valence electrons. The number of thiophene rings is 1. The fraction of sp³-hybridized carbons (Fsp3) is 0.625. The van der Waals surface area contributed by atoms with Gasteiger partial charge in [-0.15, -0.1) is 23.1 Å². The molecule has 0 amide bonds. The van der Waals surface area contributed by atoms with E-state index in [0.717, 1.165) is 34.3 Å². The van der Waals surface area contributed by atoms with Crippen LogP contribution in [0.2, 0.25) is 0 Å². The molecule has 3 aliphatic rings. The Morgan fingerprint density at radius 3 is 3.00 bits per heavy atom. The summed E-state index contributed by atoms with van der Waals surface area (Å²) >= 11 is 3.64. The van der Waals surface area contributed by atoms with E-state index in [1.165, 1.54) is 47.6 Å². The van der Waals surface area contributed by atoms with E-state index in [1.54, 1.807) is 11.3 Å². The molecule has 0 saturated heterocycles. The topological polar surface area (TPSA) is 45.8 Å². The predicted octanol–water partition coefficient (Wildman–Crippen LogP) is 3.93. The van der Waals surface area contributed by atoms with Gasteiger partial charge in [-0.2, -0.15) is 0 Å². The van der Waals surface area contributed by atoms with Crippen molar-refractivity contribution < 1.29 is 0 Å². The van der Waals surface area contributed by atoms with E-state index < -0.39 is 0 Å². The quantitative estimate of drug-likeness (QED) is 0.866. The van der Waals surface area contributed by atoms with E-state index >= 15 is 0 Å². The average Bonchev–Trinajstić information content (AvgIpc) is 3.19. The van der Waals surface area contributed by atoms with Gasteiger partial charge in [0.2, 0.25) is 0 Å². The van der Waals surface area contributed by atoms with E-state index in [9.17, 15) is 4.79 Å². The van der Waals surface area contributed by atoms with Crippen LogP contribution in [0.5, 0.6) is 0 Å². The maximum Gasteiger partial charge on any atom is 0.259 e. The van der Waals surface area contributed by atoms with Crippen LogP contribution in [0.1, 0.15) is 49.4 Å². The highest BCUT2D eigenvalue weighted by Gasteiger charge is 2.41. The molecule has 0 radical (unpaired) electrons. The van der Waals surface area contributed by atoms with Crippen LogP contribution in [-0.4, -0.2) is 15.7 Å². The summed E-state index contributed by atoms with van der Waals surface area (Å²) in [6, 6.07) is 0. The number of nitrogens with zero attached hydrogens (tertiary/aromatic N) is 1. The Hall–Kier alpha value is -0.810. The van der Waals surface area contributed by atoms with E-state index in [0.29, 0.717) is 5.92 Å². The molecule has 21 heavy (non-hydrogen) atoms. The number of aromatic amines is 1. The van der Waals surface area contributed by atoms with E-state index in [4.69, 9.17) is 4.98 Å². The highest BCUT2D eigenvalue weighted by atomic mass is 32.2. The van der Waals surface area contributed by atoms with Crippen molar-refractivity contribution in [3.63, 3.8) is 0 Å². The minimum absolute atomic E-state index is 0.109. The minimum Gasteiger partial charge on any atom is -0.310 e. The van der Waals surface area contributed by atoms with Gasteiger partial charge in [0.1, 0.15) is 10.7 Å². The Labute approximate surface area is 131 Å². The molecule has 1 N–H and O–H groups in total. The SMILES string of the molecule is O=c1[nH]c([C@H]2C[C@H]3CC[C@H]2C3)nc2sc3c(c12)CCCS3. The molecule has 0 spiro atoms. The van der Waals surface area contributed by atoms with Crippen molar-refractivity contribution in [1.82, 2.24) is 9.97 Å². The van der Waals surface area contributed by atoms with Gasteiger partial charge in [0, 0.05) is 5.92 Å². The summed E-state index contributed by atoms with van der Waals surface area (Å²) in [5.74, 6) is 4.31. The standard InChI is InChI=1S/C16H18N2OS2/c19-14-12-10-2-1-5-20-16(10)21-15(12)18-13(17-14)11-7-8-3-4-9(11)6-8/h8-9,11H,1-7H2,(H,17,18,19)/t8-,9-,11-/m0/s1. The maximum atomic E-state index is 12.6. The van der Waals surface area contributed by atoms with Crippen LogP contribution in [0, 0.1) is 11.8 Å². The Kier molecular flexibility index (Phi) is 2.78. The summed E-state index contributed by atoms with van der Waals surface area (Å²) in [5.41, 5.74) is 1.37.